The predicted octanol–water partition coefficient (Wildman–Crippen LogP) is 1.70. The van der Waals surface area contributed by atoms with Crippen molar-refractivity contribution < 1.29 is 13.2 Å². The number of hydrogen-bond acceptors (Lipinski definition) is 4. The molecule has 1 saturated carbocycles. The van der Waals surface area contributed by atoms with Crippen LogP contribution in [0.5, 0.6) is 5.75 Å². The van der Waals surface area contributed by atoms with Crippen molar-refractivity contribution in [1.82, 2.24) is 15.4 Å². The van der Waals surface area contributed by atoms with Gasteiger partial charge in [-0.05, 0) is 36.5 Å². The molecule has 1 aromatic carbocycles. The van der Waals surface area contributed by atoms with Crippen LogP contribution in [-0.2, 0) is 16.6 Å². The van der Waals surface area contributed by atoms with Crippen molar-refractivity contribution in [2.75, 3.05) is 33.0 Å². The molecule has 0 heterocycles. The minimum absolute atomic E-state index is 0. The normalized spacial score (nSPS) is 14.9. The lowest BCUT2D eigenvalue weighted by molar-refractivity contribution is 0.316. The molecular weight excluding hydrogens is 467 g/mol. The standard InChI is InChI=1S/C17H28N4O3S.HI/c1-18-17(20-12-15-7-4-8-16(11-15)24-2)19-9-10-25(22,23)21-13-14-5-3-6-14;/h4,7-8,11,14,21H,3,5-6,9-10,12-13H2,1-2H3,(H2,18,19,20);1H. The van der Waals surface area contributed by atoms with Crippen LogP contribution >= 0.6 is 24.0 Å². The minimum atomic E-state index is -3.24. The average molecular weight is 496 g/mol. The van der Waals surface area contributed by atoms with Crippen LogP contribution in [0.2, 0.25) is 0 Å². The predicted molar refractivity (Wildman–Crippen MR) is 116 cm³/mol. The molecule has 1 aliphatic rings. The Morgan fingerprint density at radius 2 is 2.08 bits per heavy atom. The first-order valence-corrected chi connectivity index (χ1v) is 10.2. The van der Waals surface area contributed by atoms with E-state index in [0.29, 0.717) is 31.5 Å². The number of nitrogens with zero attached hydrogens (tertiary/aromatic N) is 1. The molecule has 148 valence electrons. The second-order valence-corrected chi connectivity index (χ2v) is 8.09. The number of rotatable bonds is 9. The first-order valence-electron chi connectivity index (χ1n) is 8.57. The molecule has 0 bridgehead atoms. The highest BCUT2D eigenvalue weighted by atomic mass is 127. The van der Waals surface area contributed by atoms with Crippen LogP contribution in [0.1, 0.15) is 24.8 Å². The highest BCUT2D eigenvalue weighted by molar-refractivity contribution is 14.0. The van der Waals surface area contributed by atoms with Crippen molar-refractivity contribution in [2.24, 2.45) is 10.9 Å². The molecule has 1 aliphatic carbocycles. The van der Waals surface area contributed by atoms with Gasteiger partial charge >= 0.3 is 0 Å². The molecule has 0 atom stereocenters. The van der Waals surface area contributed by atoms with Crippen molar-refractivity contribution in [3.63, 3.8) is 0 Å². The number of nitrogens with one attached hydrogen (secondary N) is 3. The maximum atomic E-state index is 12.0. The van der Waals surface area contributed by atoms with E-state index in [0.717, 1.165) is 24.2 Å². The van der Waals surface area contributed by atoms with Crippen LogP contribution in [0, 0.1) is 5.92 Å². The zero-order valence-electron chi connectivity index (χ0n) is 15.3. The number of guanidine groups is 1. The molecule has 3 N–H and O–H groups in total. The van der Waals surface area contributed by atoms with Gasteiger partial charge in [0.1, 0.15) is 5.75 Å². The van der Waals surface area contributed by atoms with Gasteiger partial charge in [-0.15, -0.1) is 24.0 Å². The van der Waals surface area contributed by atoms with Gasteiger partial charge < -0.3 is 15.4 Å². The highest BCUT2D eigenvalue weighted by Gasteiger charge is 2.20. The van der Waals surface area contributed by atoms with E-state index in [1.54, 1.807) is 14.2 Å². The molecule has 0 aliphatic heterocycles. The molecule has 0 unspecified atom stereocenters. The Kier molecular flexibility index (Phi) is 10.3. The van der Waals surface area contributed by atoms with Crippen LogP contribution in [0.25, 0.3) is 0 Å². The van der Waals surface area contributed by atoms with Gasteiger partial charge in [0.05, 0.1) is 12.9 Å². The first kappa shape index (κ1) is 23.0. The Hall–Kier alpha value is -1.07. The van der Waals surface area contributed by atoms with Crippen LogP contribution in [0.15, 0.2) is 29.3 Å². The maximum Gasteiger partial charge on any atom is 0.213 e. The third kappa shape index (κ3) is 8.09. The zero-order valence-corrected chi connectivity index (χ0v) is 18.5. The smallest absolute Gasteiger partial charge is 0.213 e. The summed E-state index contributed by atoms with van der Waals surface area (Å²) in [5.41, 5.74) is 1.05. The van der Waals surface area contributed by atoms with E-state index in [-0.39, 0.29) is 29.7 Å². The summed E-state index contributed by atoms with van der Waals surface area (Å²) in [4.78, 5) is 4.11. The monoisotopic (exact) mass is 496 g/mol. The van der Waals surface area contributed by atoms with Gasteiger partial charge in [0.2, 0.25) is 10.0 Å². The number of sulfonamides is 1. The second-order valence-electron chi connectivity index (χ2n) is 6.17. The summed E-state index contributed by atoms with van der Waals surface area (Å²) in [5, 5.41) is 6.19. The summed E-state index contributed by atoms with van der Waals surface area (Å²) in [6.45, 7) is 1.44. The zero-order chi connectivity index (χ0) is 18.1. The Labute approximate surface area is 173 Å². The third-order valence-electron chi connectivity index (χ3n) is 4.30. The van der Waals surface area contributed by atoms with Gasteiger partial charge in [0.15, 0.2) is 5.96 Å². The Morgan fingerprint density at radius 1 is 1.31 bits per heavy atom. The molecule has 0 aromatic heterocycles. The molecule has 2 rings (SSSR count). The number of aliphatic imine (C=N–C) groups is 1. The Bertz CT molecular complexity index is 678. The van der Waals surface area contributed by atoms with E-state index in [4.69, 9.17) is 4.74 Å². The van der Waals surface area contributed by atoms with Gasteiger partial charge in [0.25, 0.3) is 0 Å². The lowest BCUT2D eigenvalue weighted by Gasteiger charge is -2.25. The van der Waals surface area contributed by atoms with Crippen molar-refractivity contribution >= 4 is 40.0 Å². The van der Waals surface area contributed by atoms with E-state index in [2.05, 4.69) is 20.3 Å². The van der Waals surface area contributed by atoms with E-state index in [1.165, 1.54) is 6.42 Å². The number of ether oxygens (including phenoxy) is 1. The fourth-order valence-corrected chi connectivity index (χ4v) is 3.51. The fourth-order valence-electron chi connectivity index (χ4n) is 2.51. The molecular formula is C17H29IN4O3S. The average Bonchev–Trinajstić information content (AvgIpc) is 2.56. The topological polar surface area (TPSA) is 91.8 Å². The summed E-state index contributed by atoms with van der Waals surface area (Å²) >= 11 is 0. The molecule has 26 heavy (non-hydrogen) atoms. The summed E-state index contributed by atoms with van der Waals surface area (Å²) in [6.07, 6.45) is 3.46. The summed E-state index contributed by atoms with van der Waals surface area (Å²) in [5.74, 6) is 1.91. The van der Waals surface area contributed by atoms with Crippen LogP contribution in [0.4, 0.5) is 0 Å². The van der Waals surface area contributed by atoms with Gasteiger partial charge in [-0.1, -0.05) is 18.6 Å². The maximum absolute atomic E-state index is 12.0. The van der Waals surface area contributed by atoms with E-state index in [1.807, 2.05) is 24.3 Å². The van der Waals surface area contributed by atoms with Crippen LogP contribution in [0.3, 0.4) is 0 Å². The Morgan fingerprint density at radius 3 is 2.69 bits per heavy atom. The largest absolute Gasteiger partial charge is 0.497 e. The van der Waals surface area contributed by atoms with Gasteiger partial charge in [-0.3, -0.25) is 4.99 Å². The molecule has 0 saturated heterocycles. The number of halogens is 1. The summed E-state index contributed by atoms with van der Waals surface area (Å²) in [6, 6.07) is 7.73. The van der Waals surface area contributed by atoms with Crippen LogP contribution in [-0.4, -0.2) is 47.4 Å². The lowest BCUT2D eigenvalue weighted by Crippen LogP contribution is -2.41. The molecule has 0 radical (unpaired) electrons. The third-order valence-corrected chi connectivity index (χ3v) is 5.65. The van der Waals surface area contributed by atoms with E-state index >= 15 is 0 Å². The SMILES string of the molecule is CN=C(NCCS(=O)(=O)NCC1CCC1)NCc1cccc(OC)c1.I. The number of hydrogen-bond donors (Lipinski definition) is 3. The van der Waals surface area contributed by atoms with E-state index < -0.39 is 10.0 Å². The lowest BCUT2D eigenvalue weighted by atomic mass is 9.86. The minimum Gasteiger partial charge on any atom is -0.497 e. The molecule has 0 spiro atoms. The summed E-state index contributed by atoms with van der Waals surface area (Å²) < 4.78 is 31.8. The van der Waals surface area contributed by atoms with Gasteiger partial charge in [0, 0.05) is 26.7 Å². The summed E-state index contributed by atoms with van der Waals surface area (Å²) in [7, 11) is 0.0438. The second kappa shape index (κ2) is 11.6. The number of benzene rings is 1. The molecule has 1 aromatic rings. The van der Waals surface area contributed by atoms with Gasteiger partial charge in [-0.25, -0.2) is 13.1 Å². The molecule has 1 fully saturated rings. The van der Waals surface area contributed by atoms with Crippen molar-refractivity contribution in [1.29, 1.82) is 0 Å². The van der Waals surface area contributed by atoms with Crippen molar-refractivity contribution in [3.05, 3.63) is 29.8 Å². The Balaban J connectivity index is 0.00000338. The molecule has 9 heteroatoms. The highest BCUT2D eigenvalue weighted by Crippen LogP contribution is 2.25. The quantitative estimate of drug-likeness (QED) is 0.275. The van der Waals surface area contributed by atoms with Crippen LogP contribution < -0.4 is 20.1 Å². The first-order chi connectivity index (χ1) is 12.0. The molecule has 0 amide bonds. The van der Waals surface area contributed by atoms with Gasteiger partial charge in [-0.2, -0.15) is 0 Å². The van der Waals surface area contributed by atoms with Crippen molar-refractivity contribution in [3.8, 4) is 5.75 Å². The van der Waals surface area contributed by atoms with Crippen molar-refractivity contribution in [2.45, 2.75) is 25.8 Å². The van der Waals surface area contributed by atoms with E-state index in [9.17, 15) is 8.42 Å². The fraction of sp³-hybridized carbons (Fsp3) is 0.588. The number of methoxy groups -OCH3 is 1. The molecule has 7 nitrogen and oxygen atoms in total.